The molecule has 0 saturated heterocycles. The van der Waals surface area contributed by atoms with Gasteiger partial charge in [-0.3, -0.25) is 9.36 Å². The van der Waals surface area contributed by atoms with Gasteiger partial charge in [0.05, 0.1) is 7.11 Å². The number of aryl methyl sites for hydroxylation is 1. The van der Waals surface area contributed by atoms with E-state index in [0.29, 0.717) is 6.42 Å². The van der Waals surface area contributed by atoms with Gasteiger partial charge >= 0.3 is 0 Å². The molecule has 1 aromatic carbocycles. The third-order valence-electron chi connectivity index (χ3n) is 3.40. The molecule has 1 heterocycles. The van der Waals surface area contributed by atoms with Crippen LogP contribution in [0.25, 0.3) is 0 Å². The summed E-state index contributed by atoms with van der Waals surface area (Å²) in [6, 6.07) is 7.75. The van der Waals surface area contributed by atoms with Crippen LogP contribution < -0.4 is 10.3 Å². The van der Waals surface area contributed by atoms with Gasteiger partial charge in [-0.05, 0) is 24.6 Å². The maximum absolute atomic E-state index is 12.6. The topological polar surface area (TPSA) is 44.1 Å². The van der Waals surface area contributed by atoms with Crippen LogP contribution in [-0.2, 0) is 13.5 Å². The van der Waals surface area contributed by atoms with E-state index < -0.39 is 0 Å². The quantitative estimate of drug-likeness (QED) is 0.467. The zero-order valence-corrected chi connectivity index (χ0v) is 13.9. The highest BCUT2D eigenvalue weighted by molar-refractivity contribution is 7.99. The summed E-state index contributed by atoms with van der Waals surface area (Å²) in [5.74, 6) is 1.52. The van der Waals surface area contributed by atoms with Crippen LogP contribution in [-0.4, -0.2) is 22.4 Å². The molecule has 0 atom stereocenters. The van der Waals surface area contributed by atoms with Gasteiger partial charge in [-0.1, -0.05) is 30.0 Å². The van der Waals surface area contributed by atoms with Gasteiger partial charge in [0.15, 0.2) is 5.16 Å². The Morgan fingerprint density at radius 3 is 2.91 bits per heavy atom. The maximum Gasteiger partial charge on any atom is 0.257 e. The van der Waals surface area contributed by atoms with E-state index in [-0.39, 0.29) is 5.56 Å². The van der Waals surface area contributed by atoms with Gasteiger partial charge in [-0.15, -0.1) is 6.58 Å². The number of nitrogens with zero attached hydrogens (tertiary/aromatic N) is 2. The van der Waals surface area contributed by atoms with Crippen molar-refractivity contribution in [2.75, 3.05) is 12.9 Å². The predicted octanol–water partition coefficient (Wildman–Crippen LogP) is 2.97. The first kappa shape index (κ1) is 16.4. The van der Waals surface area contributed by atoms with Crippen molar-refractivity contribution < 1.29 is 4.74 Å². The molecule has 1 aromatic heterocycles. The minimum atomic E-state index is 0.00174. The van der Waals surface area contributed by atoms with Gasteiger partial charge in [0.25, 0.3) is 5.56 Å². The zero-order valence-electron chi connectivity index (χ0n) is 13.1. The lowest BCUT2D eigenvalue weighted by Crippen LogP contribution is -2.25. The van der Waals surface area contributed by atoms with Crippen LogP contribution in [0.3, 0.4) is 0 Å². The van der Waals surface area contributed by atoms with Crippen LogP contribution in [0.1, 0.15) is 16.8 Å². The number of rotatable bonds is 6. The van der Waals surface area contributed by atoms with Gasteiger partial charge in [0.1, 0.15) is 5.75 Å². The molecule has 0 spiro atoms. The van der Waals surface area contributed by atoms with Crippen LogP contribution in [0.4, 0.5) is 0 Å². The van der Waals surface area contributed by atoms with E-state index in [1.165, 1.54) is 11.8 Å². The molecular weight excluding hydrogens is 296 g/mol. The molecule has 0 N–H and O–H groups in total. The minimum Gasteiger partial charge on any atom is -0.497 e. The standard InChI is InChI=1S/C17H20N2O2S/c1-5-9-22-17-18-12(2)15(16(20)19(17)3)11-13-7-6-8-14(10-13)21-4/h5-8,10H,1,9,11H2,2-4H3. The molecule has 0 amide bonds. The van der Waals surface area contributed by atoms with E-state index in [1.807, 2.05) is 31.2 Å². The highest BCUT2D eigenvalue weighted by atomic mass is 32.2. The van der Waals surface area contributed by atoms with Crippen LogP contribution in [0.5, 0.6) is 5.75 Å². The third-order valence-corrected chi connectivity index (χ3v) is 4.42. The molecule has 2 aromatic rings. The number of benzene rings is 1. The summed E-state index contributed by atoms with van der Waals surface area (Å²) in [7, 11) is 3.39. The van der Waals surface area contributed by atoms with Gasteiger partial charge in [0.2, 0.25) is 0 Å². The number of hydrogen-bond acceptors (Lipinski definition) is 4. The van der Waals surface area contributed by atoms with E-state index >= 15 is 0 Å². The van der Waals surface area contributed by atoms with Crippen molar-refractivity contribution in [3.05, 3.63) is 64.1 Å². The molecular formula is C17H20N2O2S. The molecule has 22 heavy (non-hydrogen) atoms. The minimum absolute atomic E-state index is 0.00174. The first-order valence-corrected chi connectivity index (χ1v) is 7.98. The number of aromatic nitrogens is 2. The molecule has 0 unspecified atom stereocenters. The number of hydrogen-bond donors (Lipinski definition) is 0. The smallest absolute Gasteiger partial charge is 0.257 e. The summed E-state index contributed by atoms with van der Waals surface area (Å²) in [5, 5.41) is 0.719. The normalized spacial score (nSPS) is 10.5. The zero-order chi connectivity index (χ0) is 16.1. The van der Waals surface area contributed by atoms with E-state index in [2.05, 4.69) is 11.6 Å². The van der Waals surface area contributed by atoms with Crippen LogP contribution in [0, 0.1) is 6.92 Å². The molecule has 0 radical (unpaired) electrons. The Labute approximate surface area is 134 Å². The number of ether oxygens (including phenoxy) is 1. The molecule has 116 valence electrons. The predicted molar refractivity (Wildman–Crippen MR) is 90.9 cm³/mol. The fourth-order valence-corrected chi connectivity index (χ4v) is 2.93. The van der Waals surface area contributed by atoms with Gasteiger partial charge < -0.3 is 4.74 Å². The highest BCUT2D eigenvalue weighted by Gasteiger charge is 2.12. The SMILES string of the molecule is C=CCSc1nc(C)c(Cc2cccc(OC)c2)c(=O)n1C. The molecule has 0 fully saturated rings. The lowest BCUT2D eigenvalue weighted by molar-refractivity contribution is 0.414. The van der Waals surface area contributed by atoms with Crippen molar-refractivity contribution in [2.24, 2.45) is 7.05 Å². The summed E-state index contributed by atoms with van der Waals surface area (Å²) in [6.07, 6.45) is 2.35. The summed E-state index contributed by atoms with van der Waals surface area (Å²) in [4.78, 5) is 17.1. The first-order valence-electron chi connectivity index (χ1n) is 7.00. The van der Waals surface area contributed by atoms with E-state index in [1.54, 1.807) is 24.8 Å². The second kappa shape index (κ2) is 7.31. The van der Waals surface area contributed by atoms with Crippen molar-refractivity contribution in [1.82, 2.24) is 9.55 Å². The summed E-state index contributed by atoms with van der Waals surface area (Å²) in [5.41, 5.74) is 2.53. The van der Waals surface area contributed by atoms with Gasteiger partial charge in [0, 0.05) is 30.5 Å². The summed E-state index contributed by atoms with van der Waals surface area (Å²) < 4.78 is 6.84. The Hall–Kier alpha value is -2.01. The second-order valence-electron chi connectivity index (χ2n) is 4.95. The van der Waals surface area contributed by atoms with E-state index in [0.717, 1.165) is 33.5 Å². The van der Waals surface area contributed by atoms with E-state index in [4.69, 9.17) is 4.74 Å². The Morgan fingerprint density at radius 1 is 1.45 bits per heavy atom. The second-order valence-corrected chi connectivity index (χ2v) is 5.94. The number of thioether (sulfide) groups is 1. The van der Waals surface area contributed by atoms with Crippen molar-refractivity contribution in [3.8, 4) is 5.75 Å². The lowest BCUT2D eigenvalue weighted by atomic mass is 10.0. The average molecular weight is 316 g/mol. The molecule has 2 rings (SSSR count). The molecule has 0 saturated carbocycles. The Kier molecular flexibility index (Phi) is 5.44. The molecule has 0 aliphatic carbocycles. The summed E-state index contributed by atoms with van der Waals surface area (Å²) >= 11 is 1.51. The van der Waals surface area contributed by atoms with Crippen LogP contribution in [0.15, 0.2) is 46.9 Å². The Balaban J connectivity index is 2.37. The highest BCUT2D eigenvalue weighted by Crippen LogP contribution is 2.18. The monoisotopic (exact) mass is 316 g/mol. The average Bonchev–Trinajstić information content (AvgIpc) is 2.54. The molecule has 0 aliphatic rings. The number of methoxy groups -OCH3 is 1. The van der Waals surface area contributed by atoms with Crippen molar-refractivity contribution in [2.45, 2.75) is 18.5 Å². The maximum atomic E-state index is 12.6. The van der Waals surface area contributed by atoms with Crippen LogP contribution in [0.2, 0.25) is 0 Å². The fourth-order valence-electron chi connectivity index (χ4n) is 2.18. The molecule has 4 nitrogen and oxygen atoms in total. The summed E-state index contributed by atoms with van der Waals surface area (Å²) in [6.45, 7) is 5.58. The lowest BCUT2D eigenvalue weighted by Gasteiger charge is -2.12. The van der Waals surface area contributed by atoms with Crippen molar-refractivity contribution in [3.63, 3.8) is 0 Å². The van der Waals surface area contributed by atoms with E-state index in [9.17, 15) is 4.79 Å². The van der Waals surface area contributed by atoms with Crippen LogP contribution >= 0.6 is 11.8 Å². The molecule has 0 aliphatic heterocycles. The third kappa shape index (κ3) is 3.60. The largest absolute Gasteiger partial charge is 0.497 e. The Bertz CT molecular complexity index is 738. The van der Waals surface area contributed by atoms with Crippen molar-refractivity contribution in [1.29, 1.82) is 0 Å². The van der Waals surface area contributed by atoms with Crippen molar-refractivity contribution >= 4 is 11.8 Å². The van der Waals surface area contributed by atoms with Gasteiger partial charge in [-0.2, -0.15) is 0 Å². The Morgan fingerprint density at radius 2 is 2.23 bits per heavy atom. The molecule has 5 heteroatoms. The fraction of sp³-hybridized carbons (Fsp3) is 0.294. The molecule has 0 bridgehead atoms. The van der Waals surface area contributed by atoms with Gasteiger partial charge in [-0.25, -0.2) is 4.98 Å². The first-order chi connectivity index (χ1) is 10.6.